The highest BCUT2D eigenvalue weighted by Crippen LogP contribution is 2.25. The first-order valence-corrected chi connectivity index (χ1v) is 9.25. The second-order valence-corrected chi connectivity index (χ2v) is 6.69. The molecule has 0 aliphatic carbocycles. The zero-order valence-corrected chi connectivity index (χ0v) is 16.1. The highest BCUT2D eigenvalue weighted by Gasteiger charge is 2.08. The van der Waals surface area contributed by atoms with Crippen molar-refractivity contribution in [3.05, 3.63) is 83.4 Å². The molecule has 0 amide bonds. The summed E-state index contributed by atoms with van der Waals surface area (Å²) < 4.78 is 5.21. The molecule has 5 nitrogen and oxygen atoms in total. The summed E-state index contributed by atoms with van der Waals surface area (Å²) >= 11 is 6.07. The fraction of sp³-hybridized carbons (Fsp3) is 0.0909. The Balaban J connectivity index is 1.62. The van der Waals surface area contributed by atoms with E-state index in [2.05, 4.69) is 20.6 Å². The quantitative estimate of drug-likeness (QED) is 0.445. The van der Waals surface area contributed by atoms with Crippen LogP contribution in [0.2, 0.25) is 5.02 Å². The maximum atomic E-state index is 6.07. The summed E-state index contributed by atoms with van der Waals surface area (Å²) in [6, 6.07) is 23.3. The van der Waals surface area contributed by atoms with E-state index in [-0.39, 0.29) is 0 Å². The smallest absolute Gasteiger partial charge is 0.229 e. The highest BCUT2D eigenvalue weighted by atomic mass is 35.5. The van der Waals surface area contributed by atoms with Crippen LogP contribution >= 0.6 is 11.6 Å². The summed E-state index contributed by atoms with van der Waals surface area (Å²) in [4.78, 5) is 9.29. The van der Waals surface area contributed by atoms with Crippen LogP contribution in [0.15, 0.2) is 72.8 Å². The zero-order valence-electron chi connectivity index (χ0n) is 15.3. The SMILES string of the molecule is COc1ccc(CNc2nc(Nc3cccc(Cl)c3)nc3ccccc23)cc1. The van der Waals surface area contributed by atoms with Crippen molar-refractivity contribution in [1.82, 2.24) is 9.97 Å². The van der Waals surface area contributed by atoms with Gasteiger partial charge in [-0.25, -0.2) is 4.98 Å². The Bertz CT molecular complexity index is 1100. The lowest BCUT2D eigenvalue weighted by Crippen LogP contribution is -2.05. The van der Waals surface area contributed by atoms with E-state index in [1.807, 2.05) is 72.8 Å². The Labute approximate surface area is 168 Å². The van der Waals surface area contributed by atoms with Crippen LogP contribution in [0.4, 0.5) is 17.5 Å². The number of halogens is 1. The number of rotatable bonds is 6. The summed E-state index contributed by atoms with van der Waals surface area (Å²) in [7, 11) is 1.66. The van der Waals surface area contributed by atoms with E-state index < -0.39 is 0 Å². The largest absolute Gasteiger partial charge is 0.497 e. The molecule has 1 heterocycles. The van der Waals surface area contributed by atoms with Gasteiger partial charge in [0.25, 0.3) is 0 Å². The third-order valence-electron chi connectivity index (χ3n) is 4.30. The van der Waals surface area contributed by atoms with Gasteiger partial charge in [0.15, 0.2) is 0 Å². The molecule has 1 aromatic heterocycles. The predicted octanol–water partition coefficient (Wildman–Crippen LogP) is 5.65. The fourth-order valence-corrected chi connectivity index (χ4v) is 3.08. The third kappa shape index (κ3) is 4.15. The maximum absolute atomic E-state index is 6.07. The number of ether oxygens (including phenoxy) is 1. The van der Waals surface area contributed by atoms with E-state index in [1.54, 1.807) is 7.11 Å². The van der Waals surface area contributed by atoms with Crippen LogP contribution < -0.4 is 15.4 Å². The summed E-state index contributed by atoms with van der Waals surface area (Å²) in [6.07, 6.45) is 0. The van der Waals surface area contributed by atoms with E-state index >= 15 is 0 Å². The van der Waals surface area contributed by atoms with Gasteiger partial charge in [0, 0.05) is 22.6 Å². The first-order valence-electron chi connectivity index (χ1n) is 8.87. The molecule has 0 bridgehead atoms. The second kappa shape index (κ2) is 8.15. The first-order chi connectivity index (χ1) is 13.7. The van der Waals surface area contributed by atoms with Crippen LogP contribution in [0.1, 0.15) is 5.56 Å². The molecule has 0 aliphatic heterocycles. The van der Waals surface area contributed by atoms with Crippen molar-refractivity contribution < 1.29 is 4.74 Å². The molecule has 0 fully saturated rings. The lowest BCUT2D eigenvalue weighted by Gasteiger charge is -2.12. The Morgan fingerprint density at radius 2 is 1.75 bits per heavy atom. The standard InChI is InChI=1S/C22H19ClN4O/c1-28-18-11-9-15(10-12-18)14-24-21-19-7-2-3-8-20(19)26-22(27-21)25-17-6-4-5-16(23)13-17/h2-13H,14H2,1H3,(H2,24,25,26,27). The van der Waals surface area contributed by atoms with Gasteiger partial charge in [-0.2, -0.15) is 4.98 Å². The molecule has 28 heavy (non-hydrogen) atoms. The lowest BCUT2D eigenvalue weighted by atomic mass is 10.2. The van der Waals surface area contributed by atoms with Gasteiger partial charge in [-0.1, -0.05) is 41.9 Å². The summed E-state index contributed by atoms with van der Waals surface area (Å²) in [5.41, 5.74) is 2.83. The van der Waals surface area contributed by atoms with E-state index in [1.165, 1.54) is 0 Å². The third-order valence-corrected chi connectivity index (χ3v) is 4.54. The summed E-state index contributed by atoms with van der Waals surface area (Å²) in [6.45, 7) is 0.640. The lowest BCUT2D eigenvalue weighted by molar-refractivity contribution is 0.414. The van der Waals surface area contributed by atoms with Crippen LogP contribution in [0.25, 0.3) is 10.9 Å². The van der Waals surface area contributed by atoms with Crippen molar-refractivity contribution >= 4 is 40.0 Å². The Morgan fingerprint density at radius 3 is 2.54 bits per heavy atom. The van der Waals surface area contributed by atoms with Gasteiger partial charge < -0.3 is 15.4 Å². The minimum Gasteiger partial charge on any atom is -0.497 e. The number of nitrogens with one attached hydrogen (secondary N) is 2. The molecule has 0 saturated heterocycles. The van der Waals surface area contributed by atoms with Crippen LogP contribution in [-0.4, -0.2) is 17.1 Å². The second-order valence-electron chi connectivity index (χ2n) is 6.25. The number of hydrogen-bond acceptors (Lipinski definition) is 5. The minimum atomic E-state index is 0.512. The van der Waals surface area contributed by atoms with Crippen molar-refractivity contribution in [3.8, 4) is 5.75 Å². The number of hydrogen-bond donors (Lipinski definition) is 2. The van der Waals surface area contributed by atoms with Crippen LogP contribution in [-0.2, 0) is 6.54 Å². The molecule has 2 N–H and O–H groups in total. The monoisotopic (exact) mass is 390 g/mol. The van der Waals surface area contributed by atoms with E-state index in [0.29, 0.717) is 17.5 Å². The summed E-state index contributed by atoms with van der Waals surface area (Å²) in [5.74, 6) is 2.12. The van der Waals surface area contributed by atoms with E-state index in [9.17, 15) is 0 Å². The van der Waals surface area contributed by atoms with Crippen LogP contribution in [0, 0.1) is 0 Å². The first kappa shape index (κ1) is 18.1. The molecule has 0 saturated carbocycles. The molecule has 0 unspecified atom stereocenters. The highest BCUT2D eigenvalue weighted by molar-refractivity contribution is 6.30. The summed E-state index contributed by atoms with van der Waals surface area (Å²) in [5, 5.41) is 8.27. The van der Waals surface area contributed by atoms with E-state index in [0.717, 1.165) is 33.7 Å². The number of fused-ring (bicyclic) bond motifs is 1. The molecular weight excluding hydrogens is 372 g/mol. The van der Waals surface area contributed by atoms with E-state index in [4.69, 9.17) is 16.3 Å². The number of para-hydroxylation sites is 1. The average molecular weight is 391 g/mol. The predicted molar refractivity (Wildman–Crippen MR) is 115 cm³/mol. The molecule has 6 heteroatoms. The number of anilines is 3. The molecular formula is C22H19ClN4O. The maximum Gasteiger partial charge on any atom is 0.229 e. The topological polar surface area (TPSA) is 59.1 Å². The van der Waals surface area contributed by atoms with Crippen molar-refractivity contribution in [1.29, 1.82) is 0 Å². The normalized spacial score (nSPS) is 10.6. The van der Waals surface area contributed by atoms with Gasteiger partial charge >= 0.3 is 0 Å². The zero-order chi connectivity index (χ0) is 19.3. The molecule has 4 aromatic rings. The molecule has 0 spiro atoms. The average Bonchev–Trinajstić information content (AvgIpc) is 2.72. The number of aromatic nitrogens is 2. The molecule has 140 valence electrons. The number of benzene rings is 3. The molecule has 0 aliphatic rings. The number of nitrogens with zero attached hydrogens (tertiary/aromatic N) is 2. The minimum absolute atomic E-state index is 0.512. The molecule has 0 radical (unpaired) electrons. The van der Waals surface area contributed by atoms with Gasteiger partial charge in [-0.3, -0.25) is 0 Å². The Morgan fingerprint density at radius 1 is 0.929 bits per heavy atom. The molecule has 3 aromatic carbocycles. The van der Waals surface area contributed by atoms with Crippen molar-refractivity contribution in [3.63, 3.8) is 0 Å². The van der Waals surface area contributed by atoms with Crippen molar-refractivity contribution in [2.45, 2.75) is 6.54 Å². The van der Waals surface area contributed by atoms with Crippen LogP contribution in [0.3, 0.4) is 0 Å². The van der Waals surface area contributed by atoms with Crippen molar-refractivity contribution in [2.75, 3.05) is 17.7 Å². The Kier molecular flexibility index (Phi) is 5.26. The molecule has 4 rings (SSSR count). The van der Waals surface area contributed by atoms with Gasteiger partial charge in [0.2, 0.25) is 5.95 Å². The Hall–Kier alpha value is -3.31. The van der Waals surface area contributed by atoms with Crippen LogP contribution in [0.5, 0.6) is 5.75 Å². The molecule has 0 atom stereocenters. The van der Waals surface area contributed by atoms with Gasteiger partial charge in [-0.15, -0.1) is 0 Å². The fourth-order valence-electron chi connectivity index (χ4n) is 2.89. The van der Waals surface area contributed by atoms with Gasteiger partial charge in [-0.05, 0) is 48.0 Å². The van der Waals surface area contributed by atoms with Gasteiger partial charge in [0.1, 0.15) is 11.6 Å². The number of methoxy groups -OCH3 is 1. The van der Waals surface area contributed by atoms with Crippen molar-refractivity contribution in [2.24, 2.45) is 0 Å². The van der Waals surface area contributed by atoms with Gasteiger partial charge in [0.05, 0.1) is 12.6 Å².